The number of halogens is 3. The smallest absolute Gasteiger partial charge is 0.403 e. The van der Waals surface area contributed by atoms with Crippen molar-refractivity contribution in [1.82, 2.24) is 9.55 Å². The van der Waals surface area contributed by atoms with Crippen LogP contribution in [0.15, 0.2) is 48.5 Å². The number of benzene rings is 2. The summed E-state index contributed by atoms with van der Waals surface area (Å²) in [5, 5.41) is 0. The van der Waals surface area contributed by atoms with Crippen molar-refractivity contribution < 1.29 is 17.9 Å². The number of aromatic nitrogens is 2. The molecule has 0 fully saturated rings. The molecule has 1 aromatic heterocycles. The highest BCUT2D eigenvalue weighted by atomic mass is 19.4. The van der Waals surface area contributed by atoms with Crippen LogP contribution in [-0.4, -0.2) is 15.9 Å². The Morgan fingerprint density at radius 1 is 1.00 bits per heavy atom. The molecule has 0 unspecified atom stereocenters. The Balaban J connectivity index is 2.18. The second kappa shape index (κ2) is 4.80. The zero-order valence-corrected chi connectivity index (χ0v) is 11.1. The Bertz CT molecular complexity index is 779. The molecule has 108 valence electrons. The largest absolute Gasteiger partial charge is 0.573 e. The van der Waals surface area contributed by atoms with Crippen molar-refractivity contribution in [3.63, 3.8) is 0 Å². The van der Waals surface area contributed by atoms with E-state index in [0.717, 1.165) is 5.56 Å². The summed E-state index contributed by atoms with van der Waals surface area (Å²) in [7, 11) is 1.76. The summed E-state index contributed by atoms with van der Waals surface area (Å²) < 4.78 is 43.1. The lowest BCUT2D eigenvalue weighted by molar-refractivity contribution is -0.274. The maximum Gasteiger partial charge on any atom is 0.573 e. The SMILES string of the molecule is Cn1c(-c2ccccc2)nc2c(OC(F)(F)F)cccc21. The fourth-order valence-corrected chi connectivity index (χ4v) is 2.24. The molecule has 0 aliphatic rings. The summed E-state index contributed by atoms with van der Waals surface area (Å²) in [6.45, 7) is 0. The van der Waals surface area contributed by atoms with E-state index in [1.807, 2.05) is 30.3 Å². The lowest BCUT2D eigenvalue weighted by atomic mass is 10.2. The van der Waals surface area contributed by atoms with Gasteiger partial charge in [-0.25, -0.2) is 4.98 Å². The number of fused-ring (bicyclic) bond motifs is 1. The summed E-state index contributed by atoms with van der Waals surface area (Å²) in [5.41, 5.74) is 1.60. The first-order valence-corrected chi connectivity index (χ1v) is 6.22. The number of imidazole rings is 1. The Hall–Kier alpha value is -2.50. The highest BCUT2D eigenvalue weighted by Gasteiger charge is 2.32. The molecule has 0 aliphatic heterocycles. The van der Waals surface area contributed by atoms with Gasteiger partial charge < -0.3 is 9.30 Å². The lowest BCUT2D eigenvalue weighted by Gasteiger charge is -2.08. The molecule has 2 aromatic carbocycles. The molecule has 0 spiro atoms. The molecule has 0 radical (unpaired) electrons. The van der Waals surface area contributed by atoms with Crippen LogP contribution < -0.4 is 4.74 Å². The van der Waals surface area contributed by atoms with Crippen LogP contribution in [-0.2, 0) is 7.05 Å². The van der Waals surface area contributed by atoms with E-state index in [-0.39, 0.29) is 11.3 Å². The number of para-hydroxylation sites is 1. The number of hydrogen-bond donors (Lipinski definition) is 0. The molecule has 0 amide bonds. The standard InChI is InChI=1S/C15H11F3N2O/c1-20-11-8-5-9-12(21-15(16,17)18)13(11)19-14(20)10-6-3-2-4-7-10/h2-9H,1H3. The fraction of sp³-hybridized carbons (Fsp3) is 0.133. The maximum absolute atomic E-state index is 12.4. The molecule has 6 heteroatoms. The molecule has 0 N–H and O–H groups in total. The van der Waals surface area contributed by atoms with Gasteiger partial charge in [-0.3, -0.25) is 0 Å². The molecule has 21 heavy (non-hydrogen) atoms. The molecule has 0 bridgehead atoms. The van der Waals surface area contributed by atoms with E-state index in [1.165, 1.54) is 12.1 Å². The van der Waals surface area contributed by atoms with Crippen molar-refractivity contribution in [2.75, 3.05) is 0 Å². The Morgan fingerprint density at radius 3 is 2.38 bits per heavy atom. The first-order chi connectivity index (χ1) is 9.96. The van der Waals surface area contributed by atoms with Crippen molar-refractivity contribution in [2.45, 2.75) is 6.36 Å². The van der Waals surface area contributed by atoms with Gasteiger partial charge in [0.15, 0.2) is 5.75 Å². The van der Waals surface area contributed by atoms with E-state index >= 15 is 0 Å². The molecular formula is C15H11F3N2O. The fourth-order valence-electron chi connectivity index (χ4n) is 2.24. The quantitative estimate of drug-likeness (QED) is 0.710. The predicted molar refractivity (Wildman–Crippen MR) is 72.8 cm³/mol. The normalized spacial score (nSPS) is 11.8. The van der Waals surface area contributed by atoms with Crippen molar-refractivity contribution in [3.05, 3.63) is 48.5 Å². The van der Waals surface area contributed by atoms with Crippen LogP contribution in [0.5, 0.6) is 5.75 Å². The minimum Gasteiger partial charge on any atom is -0.403 e. The van der Waals surface area contributed by atoms with Gasteiger partial charge in [0.05, 0.1) is 5.52 Å². The summed E-state index contributed by atoms with van der Waals surface area (Å²) in [6, 6.07) is 13.8. The molecule has 0 atom stereocenters. The van der Waals surface area contributed by atoms with Gasteiger partial charge in [-0.1, -0.05) is 36.4 Å². The number of aryl methyl sites for hydroxylation is 1. The monoisotopic (exact) mass is 292 g/mol. The first kappa shape index (κ1) is 13.5. The highest BCUT2D eigenvalue weighted by Crippen LogP contribution is 2.32. The third-order valence-electron chi connectivity index (χ3n) is 3.13. The van der Waals surface area contributed by atoms with Crippen LogP contribution in [0.4, 0.5) is 13.2 Å². The molecule has 0 saturated heterocycles. The van der Waals surface area contributed by atoms with Crippen molar-refractivity contribution >= 4 is 11.0 Å². The summed E-state index contributed by atoms with van der Waals surface area (Å²) in [6.07, 6.45) is -4.74. The predicted octanol–water partition coefficient (Wildman–Crippen LogP) is 4.14. The lowest BCUT2D eigenvalue weighted by Crippen LogP contribution is -2.17. The Labute approximate surface area is 118 Å². The second-order valence-corrected chi connectivity index (χ2v) is 4.53. The number of nitrogens with zero attached hydrogens (tertiary/aromatic N) is 2. The van der Waals surface area contributed by atoms with Gasteiger partial charge in [0.1, 0.15) is 11.3 Å². The first-order valence-electron chi connectivity index (χ1n) is 6.22. The van der Waals surface area contributed by atoms with Gasteiger partial charge in [0.2, 0.25) is 0 Å². The molecule has 3 aromatic rings. The summed E-state index contributed by atoms with van der Waals surface area (Å²) >= 11 is 0. The topological polar surface area (TPSA) is 27.1 Å². The Morgan fingerprint density at radius 2 is 1.71 bits per heavy atom. The number of ether oxygens (including phenoxy) is 1. The van der Waals surface area contributed by atoms with Gasteiger partial charge in [-0.15, -0.1) is 13.2 Å². The van der Waals surface area contributed by atoms with Crippen LogP contribution >= 0.6 is 0 Å². The minimum absolute atomic E-state index is 0.191. The molecule has 3 nitrogen and oxygen atoms in total. The van der Waals surface area contributed by atoms with E-state index in [9.17, 15) is 13.2 Å². The number of alkyl halides is 3. The van der Waals surface area contributed by atoms with E-state index in [2.05, 4.69) is 9.72 Å². The van der Waals surface area contributed by atoms with Crippen LogP contribution in [0.3, 0.4) is 0 Å². The third-order valence-corrected chi connectivity index (χ3v) is 3.13. The zero-order chi connectivity index (χ0) is 15.0. The van der Waals surface area contributed by atoms with Crippen LogP contribution in [0.2, 0.25) is 0 Å². The van der Waals surface area contributed by atoms with E-state index < -0.39 is 6.36 Å². The van der Waals surface area contributed by atoms with Gasteiger partial charge in [-0.2, -0.15) is 0 Å². The van der Waals surface area contributed by atoms with Gasteiger partial charge in [0, 0.05) is 12.6 Å². The van der Waals surface area contributed by atoms with E-state index in [1.54, 1.807) is 17.7 Å². The van der Waals surface area contributed by atoms with Crippen LogP contribution in [0.1, 0.15) is 0 Å². The highest BCUT2D eigenvalue weighted by molar-refractivity contribution is 5.85. The second-order valence-electron chi connectivity index (χ2n) is 4.53. The summed E-state index contributed by atoms with van der Waals surface area (Å²) in [4.78, 5) is 4.30. The molecule has 0 aliphatic carbocycles. The minimum atomic E-state index is -4.74. The van der Waals surface area contributed by atoms with Crippen molar-refractivity contribution in [2.24, 2.45) is 7.05 Å². The Kier molecular flexibility index (Phi) is 3.08. The molecule has 3 rings (SSSR count). The third kappa shape index (κ3) is 2.56. The van der Waals surface area contributed by atoms with Gasteiger partial charge in [0.25, 0.3) is 0 Å². The zero-order valence-electron chi connectivity index (χ0n) is 11.1. The van der Waals surface area contributed by atoms with Gasteiger partial charge in [-0.05, 0) is 12.1 Å². The number of hydrogen-bond acceptors (Lipinski definition) is 2. The average Bonchev–Trinajstić information content (AvgIpc) is 2.77. The average molecular weight is 292 g/mol. The van der Waals surface area contributed by atoms with Crippen molar-refractivity contribution in [3.8, 4) is 17.1 Å². The van der Waals surface area contributed by atoms with E-state index in [0.29, 0.717) is 11.3 Å². The maximum atomic E-state index is 12.4. The van der Waals surface area contributed by atoms with Crippen LogP contribution in [0, 0.1) is 0 Å². The molecular weight excluding hydrogens is 281 g/mol. The van der Waals surface area contributed by atoms with Crippen LogP contribution in [0.25, 0.3) is 22.4 Å². The summed E-state index contributed by atoms with van der Waals surface area (Å²) in [5.74, 6) is 0.293. The number of rotatable bonds is 2. The molecule has 1 heterocycles. The van der Waals surface area contributed by atoms with Gasteiger partial charge >= 0.3 is 6.36 Å². The van der Waals surface area contributed by atoms with Crippen molar-refractivity contribution in [1.29, 1.82) is 0 Å². The van der Waals surface area contributed by atoms with E-state index in [4.69, 9.17) is 0 Å². The molecule has 0 saturated carbocycles.